The lowest BCUT2D eigenvalue weighted by atomic mass is 10.0. The van der Waals surface area contributed by atoms with E-state index in [1.54, 1.807) is 4.68 Å². The molecule has 0 fully saturated rings. The van der Waals surface area contributed by atoms with Crippen molar-refractivity contribution in [2.45, 2.75) is 19.4 Å². The van der Waals surface area contributed by atoms with Crippen LogP contribution in [0.25, 0.3) is 0 Å². The lowest BCUT2D eigenvalue weighted by Gasteiger charge is -2.09. The van der Waals surface area contributed by atoms with E-state index in [0.29, 0.717) is 0 Å². The van der Waals surface area contributed by atoms with Crippen LogP contribution in [-0.4, -0.2) is 19.6 Å². The van der Waals surface area contributed by atoms with Crippen molar-refractivity contribution < 1.29 is 0 Å². The highest BCUT2D eigenvalue weighted by Crippen LogP contribution is 2.18. The smallest absolute Gasteiger partial charge is 0.0540 e. The fourth-order valence-electron chi connectivity index (χ4n) is 1.82. The topological polar surface area (TPSA) is 61.7 Å². The monoisotopic (exact) mass is 219 g/mol. The average Bonchev–Trinajstić information content (AvgIpc) is 2.76. The van der Waals surface area contributed by atoms with E-state index in [2.05, 4.69) is 10.2 Å². The summed E-state index contributed by atoms with van der Waals surface area (Å²) in [6, 6.07) is -0.0158. The number of aromatic nitrogens is 4. The first-order valence-corrected chi connectivity index (χ1v) is 5.29. The molecule has 0 aliphatic heterocycles. The van der Waals surface area contributed by atoms with Crippen LogP contribution in [0.1, 0.15) is 22.9 Å². The molecule has 2 N–H and O–H groups in total. The maximum Gasteiger partial charge on any atom is 0.0540 e. The normalized spacial score (nSPS) is 13.0. The lowest BCUT2D eigenvalue weighted by molar-refractivity contribution is 0.699. The third-order valence-corrected chi connectivity index (χ3v) is 2.89. The Balaban J connectivity index is 2.14. The van der Waals surface area contributed by atoms with Gasteiger partial charge in [0.25, 0.3) is 0 Å². The van der Waals surface area contributed by atoms with E-state index in [9.17, 15) is 0 Å². The molecule has 0 aliphatic carbocycles. The maximum absolute atomic E-state index is 6.16. The number of nitrogens with zero attached hydrogens (tertiary/aromatic N) is 4. The van der Waals surface area contributed by atoms with Crippen LogP contribution in [0.3, 0.4) is 0 Å². The highest BCUT2D eigenvalue weighted by atomic mass is 15.3. The zero-order chi connectivity index (χ0) is 11.7. The molecule has 0 saturated heterocycles. The van der Waals surface area contributed by atoms with Crippen molar-refractivity contribution in [3.8, 4) is 0 Å². The quantitative estimate of drug-likeness (QED) is 0.826. The molecule has 16 heavy (non-hydrogen) atoms. The summed E-state index contributed by atoms with van der Waals surface area (Å²) in [6.45, 7) is 2.03. The summed E-state index contributed by atoms with van der Waals surface area (Å²) < 4.78 is 3.64. The Morgan fingerprint density at radius 1 is 1.31 bits per heavy atom. The zero-order valence-electron chi connectivity index (χ0n) is 9.88. The molecule has 86 valence electrons. The Labute approximate surface area is 94.9 Å². The van der Waals surface area contributed by atoms with Gasteiger partial charge in [-0.2, -0.15) is 10.2 Å². The Hall–Kier alpha value is -1.62. The second-order valence-electron chi connectivity index (χ2n) is 4.14. The minimum absolute atomic E-state index is 0.0158. The van der Waals surface area contributed by atoms with Gasteiger partial charge in [0.15, 0.2) is 0 Å². The molecule has 0 radical (unpaired) electrons. The lowest BCUT2D eigenvalue weighted by Crippen LogP contribution is -2.14. The fourth-order valence-corrected chi connectivity index (χ4v) is 1.82. The summed E-state index contributed by atoms with van der Waals surface area (Å²) in [5.41, 5.74) is 9.54. The predicted molar refractivity (Wildman–Crippen MR) is 61.8 cm³/mol. The first kappa shape index (κ1) is 10.9. The molecule has 1 atom stereocenters. The fraction of sp³-hybridized carbons (Fsp3) is 0.455. The first-order valence-electron chi connectivity index (χ1n) is 5.29. The van der Waals surface area contributed by atoms with Gasteiger partial charge in [-0.1, -0.05) is 0 Å². The van der Waals surface area contributed by atoms with E-state index >= 15 is 0 Å². The van der Waals surface area contributed by atoms with Gasteiger partial charge in [0.1, 0.15) is 0 Å². The number of nitrogens with two attached hydrogens (primary N) is 1. The van der Waals surface area contributed by atoms with Crippen LogP contribution in [-0.2, 0) is 20.5 Å². The van der Waals surface area contributed by atoms with Crippen molar-refractivity contribution in [1.82, 2.24) is 19.6 Å². The molecule has 2 heterocycles. The maximum atomic E-state index is 6.16. The molecular formula is C11H17N5. The predicted octanol–water partition coefficient (Wildman–Crippen LogP) is 0.705. The highest BCUT2D eigenvalue weighted by molar-refractivity contribution is 5.22. The summed E-state index contributed by atoms with van der Waals surface area (Å²) in [6.07, 6.45) is 6.48. The zero-order valence-corrected chi connectivity index (χ0v) is 9.88. The van der Waals surface area contributed by atoms with Crippen molar-refractivity contribution in [3.63, 3.8) is 0 Å². The SMILES string of the molecule is Cc1c(C(N)Cc2cnn(C)c2)cnn1C. The summed E-state index contributed by atoms with van der Waals surface area (Å²) in [7, 11) is 3.83. The van der Waals surface area contributed by atoms with E-state index in [-0.39, 0.29) is 6.04 Å². The Bertz CT molecular complexity index is 482. The number of hydrogen-bond acceptors (Lipinski definition) is 3. The van der Waals surface area contributed by atoms with Gasteiger partial charge in [-0.15, -0.1) is 0 Å². The van der Waals surface area contributed by atoms with Crippen molar-refractivity contribution >= 4 is 0 Å². The summed E-state index contributed by atoms with van der Waals surface area (Å²) in [5, 5.41) is 8.33. The minimum Gasteiger partial charge on any atom is -0.324 e. The van der Waals surface area contributed by atoms with Crippen molar-refractivity contribution in [1.29, 1.82) is 0 Å². The molecule has 0 spiro atoms. The van der Waals surface area contributed by atoms with Gasteiger partial charge < -0.3 is 5.73 Å². The van der Waals surface area contributed by atoms with Gasteiger partial charge in [0.2, 0.25) is 0 Å². The summed E-state index contributed by atoms with van der Waals surface area (Å²) in [5.74, 6) is 0. The number of rotatable bonds is 3. The number of aryl methyl sites for hydroxylation is 2. The van der Waals surface area contributed by atoms with Crippen LogP contribution >= 0.6 is 0 Å². The van der Waals surface area contributed by atoms with Crippen LogP contribution in [0, 0.1) is 6.92 Å². The average molecular weight is 219 g/mol. The number of hydrogen-bond donors (Lipinski definition) is 1. The standard InChI is InChI=1S/C11H17N5/c1-8-10(6-14-16(8)3)11(12)4-9-5-13-15(2)7-9/h5-7,11H,4,12H2,1-3H3. The van der Waals surface area contributed by atoms with Gasteiger partial charge in [0, 0.05) is 37.6 Å². The second kappa shape index (κ2) is 4.09. The van der Waals surface area contributed by atoms with Crippen LogP contribution in [0.2, 0.25) is 0 Å². The van der Waals surface area contributed by atoms with Crippen molar-refractivity contribution in [2.24, 2.45) is 19.8 Å². The Morgan fingerprint density at radius 3 is 2.56 bits per heavy atom. The van der Waals surface area contributed by atoms with E-state index in [1.807, 2.05) is 44.3 Å². The molecule has 0 amide bonds. The molecule has 2 aromatic heterocycles. The van der Waals surface area contributed by atoms with E-state index in [4.69, 9.17) is 5.73 Å². The van der Waals surface area contributed by atoms with Gasteiger partial charge in [0.05, 0.1) is 12.4 Å². The van der Waals surface area contributed by atoms with E-state index in [1.165, 1.54) is 0 Å². The third kappa shape index (κ3) is 1.99. The van der Waals surface area contributed by atoms with Crippen LogP contribution < -0.4 is 5.73 Å². The van der Waals surface area contributed by atoms with Crippen LogP contribution in [0.4, 0.5) is 0 Å². The molecule has 0 saturated carbocycles. The Morgan fingerprint density at radius 2 is 2.06 bits per heavy atom. The molecule has 5 nitrogen and oxygen atoms in total. The van der Waals surface area contributed by atoms with Gasteiger partial charge in [-0.05, 0) is 18.9 Å². The molecule has 2 aromatic rings. The van der Waals surface area contributed by atoms with E-state index in [0.717, 1.165) is 23.2 Å². The second-order valence-corrected chi connectivity index (χ2v) is 4.14. The molecule has 0 bridgehead atoms. The molecule has 2 rings (SSSR count). The first-order chi connectivity index (χ1) is 7.58. The largest absolute Gasteiger partial charge is 0.324 e. The van der Waals surface area contributed by atoms with Gasteiger partial charge >= 0.3 is 0 Å². The molecular weight excluding hydrogens is 202 g/mol. The molecule has 0 aliphatic rings. The van der Waals surface area contributed by atoms with Crippen molar-refractivity contribution in [3.05, 3.63) is 35.4 Å². The van der Waals surface area contributed by atoms with Gasteiger partial charge in [-0.25, -0.2) is 0 Å². The molecule has 1 unspecified atom stereocenters. The molecule has 5 heteroatoms. The van der Waals surface area contributed by atoms with Crippen LogP contribution in [0.5, 0.6) is 0 Å². The molecule has 0 aromatic carbocycles. The Kier molecular flexibility index (Phi) is 2.78. The van der Waals surface area contributed by atoms with Crippen molar-refractivity contribution in [2.75, 3.05) is 0 Å². The summed E-state index contributed by atoms with van der Waals surface area (Å²) in [4.78, 5) is 0. The highest BCUT2D eigenvalue weighted by Gasteiger charge is 2.13. The third-order valence-electron chi connectivity index (χ3n) is 2.89. The minimum atomic E-state index is -0.0158. The van der Waals surface area contributed by atoms with Gasteiger partial charge in [-0.3, -0.25) is 9.36 Å². The van der Waals surface area contributed by atoms with E-state index < -0.39 is 0 Å². The van der Waals surface area contributed by atoms with Crippen LogP contribution in [0.15, 0.2) is 18.6 Å². The summed E-state index contributed by atoms with van der Waals surface area (Å²) >= 11 is 0.